The third-order valence-corrected chi connectivity index (χ3v) is 7.73. The number of anilines is 2. The Morgan fingerprint density at radius 1 is 1.15 bits per heavy atom. The Labute approximate surface area is 233 Å². The fraction of sp³-hybridized carbons (Fsp3) is 0.360. The lowest BCUT2D eigenvalue weighted by molar-refractivity contribution is -0.173. The smallest absolute Gasteiger partial charge is 0.410 e. The average Bonchev–Trinajstić information content (AvgIpc) is 3.44. The van der Waals surface area contributed by atoms with Gasteiger partial charge in [-0.05, 0) is 44.0 Å². The van der Waals surface area contributed by atoms with E-state index in [0.29, 0.717) is 5.56 Å². The highest BCUT2D eigenvalue weighted by atomic mass is 79.9. The quantitative estimate of drug-likeness (QED) is 0.296. The van der Waals surface area contributed by atoms with Gasteiger partial charge in [0.25, 0.3) is 5.91 Å². The van der Waals surface area contributed by atoms with E-state index in [0.717, 1.165) is 20.5 Å². The predicted molar refractivity (Wildman–Crippen MR) is 141 cm³/mol. The summed E-state index contributed by atoms with van der Waals surface area (Å²) < 4.78 is 53.8. The third kappa shape index (κ3) is 5.96. The van der Waals surface area contributed by atoms with E-state index in [2.05, 4.69) is 31.7 Å². The molecule has 0 radical (unpaired) electrons. The van der Waals surface area contributed by atoms with Crippen LogP contribution in [-0.4, -0.2) is 47.0 Å². The van der Waals surface area contributed by atoms with Crippen LogP contribution in [0.1, 0.15) is 74.0 Å². The Balaban J connectivity index is 1.67. The number of thiophene rings is 1. The number of ether oxygens (including phenoxy) is 2. The number of carbonyl (C=O) groups is 3. The zero-order valence-electron chi connectivity index (χ0n) is 21.0. The first-order valence-corrected chi connectivity index (χ1v) is 13.5. The van der Waals surface area contributed by atoms with Gasteiger partial charge in [-0.25, -0.2) is 14.3 Å². The third-order valence-electron chi connectivity index (χ3n) is 6.01. The van der Waals surface area contributed by atoms with Crippen LogP contribution >= 0.6 is 27.3 Å². The molecular formula is C25H24BrF3N4O5S. The number of halogens is 4. The number of aromatic nitrogens is 2. The predicted octanol–water partition coefficient (Wildman–Crippen LogP) is 6.28. The van der Waals surface area contributed by atoms with Crippen molar-refractivity contribution in [2.24, 2.45) is 0 Å². The summed E-state index contributed by atoms with van der Waals surface area (Å²) in [4.78, 5) is 38.3. The molecule has 14 heteroatoms. The van der Waals surface area contributed by atoms with E-state index in [1.807, 2.05) is 0 Å². The van der Waals surface area contributed by atoms with E-state index in [1.165, 1.54) is 13.0 Å². The summed E-state index contributed by atoms with van der Waals surface area (Å²) in [7, 11) is 0. The highest BCUT2D eigenvalue weighted by Crippen LogP contribution is 2.44. The van der Waals surface area contributed by atoms with Gasteiger partial charge < -0.3 is 20.1 Å². The second-order valence-corrected chi connectivity index (χ2v) is 10.5. The molecule has 1 aliphatic heterocycles. The maximum atomic E-state index is 14.0. The summed E-state index contributed by atoms with van der Waals surface area (Å²) in [6.07, 6.45) is -4.96. The van der Waals surface area contributed by atoms with E-state index in [9.17, 15) is 27.6 Å². The van der Waals surface area contributed by atoms with E-state index < -0.39 is 36.1 Å². The molecule has 3 heterocycles. The minimum absolute atomic E-state index is 0.00181. The fourth-order valence-corrected chi connectivity index (χ4v) is 5.56. The van der Waals surface area contributed by atoms with Gasteiger partial charge in [0, 0.05) is 17.0 Å². The highest BCUT2D eigenvalue weighted by molar-refractivity contribution is 9.10. The molecule has 2 N–H and O–H groups in total. The first-order valence-electron chi connectivity index (χ1n) is 11.9. The van der Waals surface area contributed by atoms with Crippen LogP contribution in [0.15, 0.2) is 34.8 Å². The molecule has 1 aromatic carbocycles. The minimum atomic E-state index is -4.62. The van der Waals surface area contributed by atoms with Gasteiger partial charge in [-0.15, -0.1) is 11.3 Å². The molecule has 208 valence electrons. The molecular weight excluding hydrogens is 605 g/mol. The Morgan fingerprint density at radius 2 is 1.79 bits per heavy atom. The van der Waals surface area contributed by atoms with Crippen LogP contribution in [0.3, 0.4) is 0 Å². The number of amides is 1. The monoisotopic (exact) mass is 628 g/mol. The average molecular weight is 629 g/mol. The van der Waals surface area contributed by atoms with Crippen LogP contribution in [0.5, 0.6) is 0 Å². The molecule has 0 saturated carbocycles. The molecule has 1 amide bonds. The number of hydrogen-bond donors (Lipinski definition) is 2. The van der Waals surface area contributed by atoms with Crippen molar-refractivity contribution in [2.75, 3.05) is 23.8 Å². The molecule has 0 bridgehead atoms. The largest absolute Gasteiger partial charge is 0.462 e. The Kier molecular flexibility index (Phi) is 8.35. The van der Waals surface area contributed by atoms with Gasteiger partial charge in [0.15, 0.2) is 11.7 Å². The standard InChI is InChI=1S/C25H24BrF3N4O5S/c1-4-37-23(35)19-12(3)20(24(36)38-5-2)39-22(19)31-21(34)16-11-18-30-15(13-6-8-14(26)9-7-13)10-17(25(27,28)29)33(18)32-16/h6-9,11,15,17,30H,4-5,10H2,1-3H3,(H,31,34)/t15-,17+/m1/s1. The number of rotatable bonds is 7. The summed E-state index contributed by atoms with van der Waals surface area (Å²) in [5.41, 5.74) is 0.559. The Morgan fingerprint density at radius 3 is 2.41 bits per heavy atom. The van der Waals surface area contributed by atoms with E-state index >= 15 is 0 Å². The van der Waals surface area contributed by atoms with Crippen molar-refractivity contribution in [2.45, 2.75) is 45.5 Å². The highest BCUT2D eigenvalue weighted by Gasteiger charge is 2.47. The molecule has 2 atom stereocenters. The lowest BCUT2D eigenvalue weighted by Crippen LogP contribution is -2.35. The Bertz CT molecular complexity index is 1400. The number of hydrogen-bond acceptors (Lipinski definition) is 8. The van der Waals surface area contributed by atoms with Gasteiger partial charge in [-0.2, -0.15) is 18.3 Å². The summed E-state index contributed by atoms with van der Waals surface area (Å²) in [6.45, 7) is 4.89. The lowest BCUT2D eigenvalue weighted by atomic mass is 9.97. The van der Waals surface area contributed by atoms with Crippen molar-refractivity contribution in [3.05, 3.63) is 62.1 Å². The SMILES string of the molecule is CCOC(=O)c1sc(NC(=O)c2cc3n(n2)[C@H](C(F)(F)F)C[C@H](c2ccc(Br)cc2)N3)c(C(=O)OCC)c1C. The molecule has 0 saturated heterocycles. The van der Waals surface area contributed by atoms with Crippen LogP contribution < -0.4 is 10.6 Å². The van der Waals surface area contributed by atoms with E-state index in [1.54, 1.807) is 38.1 Å². The maximum absolute atomic E-state index is 14.0. The second kappa shape index (κ2) is 11.4. The number of esters is 2. The zero-order chi connectivity index (χ0) is 28.5. The van der Waals surface area contributed by atoms with Crippen molar-refractivity contribution in [1.82, 2.24) is 9.78 Å². The van der Waals surface area contributed by atoms with Gasteiger partial charge in [-0.3, -0.25) is 4.79 Å². The van der Waals surface area contributed by atoms with Crippen LogP contribution in [-0.2, 0) is 9.47 Å². The molecule has 0 spiro atoms. The molecule has 4 rings (SSSR count). The van der Waals surface area contributed by atoms with E-state index in [-0.39, 0.29) is 52.2 Å². The van der Waals surface area contributed by atoms with Crippen LogP contribution in [0.4, 0.5) is 24.0 Å². The topological polar surface area (TPSA) is 112 Å². The van der Waals surface area contributed by atoms with Gasteiger partial charge in [0.2, 0.25) is 0 Å². The van der Waals surface area contributed by atoms with Crippen molar-refractivity contribution in [1.29, 1.82) is 0 Å². The van der Waals surface area contributed by atoms with Gasteiger partial charge in [0.05, 0.1) is 24.8 Å². The number of nitrogens with one attached hydrogen (secondary N) is 2. The first-order chi connectivity index (χ1) is 18.4. The molecule has 0 aliphatic carbocycles. The lowest BCUT2D eigenvalue weighted by Gasteiger charge is -2.33. The van der Waals surface area contributed by atoms with Crippen LogP contribution in [0.25, 0.3) is 0 Å². The van der Waals surface area contributed by atoms with Crippen molar-refractivity contribution in [3.63, 3.8) is 0 Å². The first kappa shape index (κ1) is 28.6. The molecule has 0 unspecified atom stereocenters. The molecule has 0 fully saturated rings. The van der Waals surface area contributed by atoms with Gasteiger partial charge >= 0.3 is 18.1 Å². The second-order valence-electron chi connectivity index (χ2n) is 8.56. The van der Waals surface area contributed by atoms with Crippen molar-refractivity contribution < 1.29 is 37.0 Å². The number of carbonyl (C=O) groups excluding carboxylic acids is 3. The number of benzene rings is 1. The number of fused-ring (bicyclic) bond motifs is 1. The summed E-state index contributed by atoms with van der Waals surface area (Å²) in [6, 6.07) is 5.47. The molecule has 39 heavy (non-hydrogen) atoms. The molecule has 2 aromatic heterocycles. The normalized spacial score (nSPS) is 16.7. The maximum Gasteiger partial charge on any atom is 0.410 e. The van der Waals surface area contributed by atoms with Gasteiger partial charge in [-0.1, -0.05) is 28.1 Å². The summed E-state index contributed by atoms with van der Waals surface area (Å²) in [5, 5.41) is 9.50. The Hall–Kier alpha value is -3.39. The summed E-state index contributed by atoms with van der Waals surface area (Å²) >= 11 is 4.13. The summed E-state index contributed by atoms with van der Waals surface area (Å²) in [5.74, 6) is -2.29. The van der Waals surface area contributed by atoms with Crippen LogP contribution in [0.2, 0.25) is 0 Å². The van der Waals surface area contributed by atoms with Crippen molar-refractivity contribution >= 4 is 55.9 Å². The van der Waals surface area contributed by atoms with Crippen molar-refractivity contribution in [3.8, 4) is 0 Å². The van der Waals surface area contributed by atoms with Crippen LogP contribution in [0, 0.1) is 6.92 Å². The number of nitrogens with zero attached hydrogens (tertiary/aromatic N) is 2. The minimum Gasteiger partial charge on any atom is -0.462 e. The fourth-order valence-electron chi connectivity index (χ4n) is 4.21. The van der Waals surface area contributed by atoms with E-state index in [4.69, 9.17) is 9.47 Å². The molecule has 3 aromatic rings. The zero-order valence-corrected chi connectivity index (χ0v) is 23.4. The molecule has 1 aliphatic rings. The van der Waals surface area contributed by atoms with Gasteiger partial charge in [0.1, 0.15) is 15.7 Å². The molecule has 9 nitrogen and oxygen atoms in total. The number of alkyl halides is 3.